The van der Waals surface area contributed by atoms with Crippen LogP contribution in [0.1, 0.15) is 27.6 Å². The standard InChI is InChI=1S/C23H21FO3S/c1-26-21-13-12-19(14-22(21)27-2)28-23(17-6-4-3-5-7-17)15-20(25)16-8-10-18(24)11-9-16/h3-14,23H,15H2,1-2H3. The molecule has 0 amide bonds. The minimum Gasteiger partial charge on any atom is -0.493 e. The van der Waals surface area contributed by atoms with Crippen LogP contribution in [0.4, 0.5) is 4.39 Å². The normalized spacial score (nSPS) is 11.7. The summed E-state index contributed by atoms with van der Waals surface area (Å²) in [6.07, 6.45) is 0.300. The van der Waals surface area contributed by atoms with Crippen LogP contribution >= 0.6 is 11.8 Å². The lowest BCUT2D eigenvalue weighted by atomic mass is 10.0. The van der Waals surface area contributed by atoms with Crippen molar-refractivity contribution in [2.45, 2.75) is 16.6 Å². The lowest BCUT2D eigenvalue weighted by Crippen LogP contribution is -2.05. The van der Waals surface area contributed by atoms with E-state index in [1.807, 2.05) is 48.5 Å². The predicted molar refractivity (Wildman–Crippen MR) is 110 cm³/mol. The summed E-state index contributed by atoms with van der Waals surface area (Å²) in [6, 6.07) is 21.3. The molecule has 3 aromatic rings. The smallest absolute Gasteiger partial charge is 0.164 e. The molecular weight excluding hydrogens is 375 g/mol. The third-order valence-corrected chi connectivity index (χ3v) is 5.59. The number of methoxy groups -OCH3 is 2. The topological polar surface area (TPSA) is 35.5 Å². The molecule has 0 radical (unpaired) electrons. The van der Waals surface area contributed by atoms with Gasteiger partial charge < -0.3 is 9.47 Å². The Balaban J connectivity index is 1.85. The first-order valence-corrected chi connectivity index (χ1v) is 9.71. The van der Waals surface area contributed by atoms with Crippen LogP contribution in [0.25, 0.3) is 0 Å². The average molecular weight is 396 g/mol. The third kappa shape index (κ3) is 4.93. The molecule has 0 aliphatic rings. The van der Waals surface area contributed by atoms with Gasteiger partial charge in [0.15, 0.2) is 17.3 Å². The van der Waals surface area contributed by atoms with Gasteiger partial charge in [-0.1, -0.05) is 30.3 Å². The monoisotopic (exact) mass is 396 g/mol. The van der Waals surface area contributed by atoms with Crippen molar-refractivity contribution in [3.05, 3.63) is 89.7 Å². The SMILES string of the molecule is COc1ccc(SC(CC(=O)c2ccc(F)cc2)c2ccccc2)cc1OC. The van der Waals surface area contributed by atoms with Crippen LogP contribution in [-0.2, 0) is 0 Å². The van der Waals surface area contributed by atoms with E-state index in [2.05, 4.69) is 0 Å². The molecule has 3 rings (SSSR count). The van der Waals surface area contributed by atoms with E-state index in [4.69, 9.17) is 9.47 Å². The van der Waals surface area contributed by atoms with Gasteiger partial charge in [0.05, 0.1) is 14.2 Å². The van der Waals surface area contributed by atoms with Crippen molar-refractivity contribution in [3.63, 3.8) is 0 Å². The van der Waals surface area contributed by atoms with Gasteiger partial charge in [-0.15, -0.1) is 11.8 Å². The molecule has 5 heteroatoms. The molecule has 0 bridgehead atoms. The molecular formula is C23H21FO3S. The maximum atomic E-state index is 13.2. The average Bonchev–Trinajstić information content (AvgIpc) is 2.74. The highest BCUT2D eigenvalue weighted by molar-refractivity contribution is 7.99. The predicted octanol–water partition coefficient (Wildman–Crippen LogP) is 5.95. The zero-order chi connectivity index (χ0) is 19.9. The molecule has 0 N–H and O–H groups in total. The number of rotatable bonds is 8. The number of carbonyl (C=O) groups excluding carboxylic acids is 1. The summed E-state index contributed by atoms with van der Waals surface area (Å²) in [5.41, 5.74) is 1.56. The number of Topliss-reactive ketones (excluding diaryl/α,β-unsaturated/α-hetero) is 1. The Morgan fingerprint density at radius 2 is 1.61 bits per heavy atom. The van der Waals surface area contributed by atoms with E-state index >= 15 is 0 Å². The Morgan fingerprint density at radius 3 is 2.25 bits per heavy atom. The molecule has 0 fully saturated rings. The summed E-state index contributed by atoms with van der Waals surface area (Å²) in [7, 11) is 3.19. The van der Waals surface area contributed by atoms with Crippen LogP contribution in [0.5, 0.6) is 11.5 Å². The highest BCUT2D eigenvalue weighted by Gasteiger charge is 2.19. The van der Waals surface area contributed by atoms with Gasteiger partial charge in [0.1, 0.15) is 5.82 Å². The van der Waals surface area contributed by atoms with Crippen LogP contribution in [-0.4, -0.2) is 20.0 Å². The lowest BCUT2D eigenvalue weighted by molar-refractivity contribution is 0.0982. The number of ether oxygens (including phenoxy) is 2. The first kappa shape index (κ1) is 20.0. The van der Waals surface area contributed by atoms with E-state index in [1.165, 1.54) is 24.3 Å². The van der Waals surface area contributed by atoms with Crippen LogP contribution in [0.2, 0.25) is 0 Å². The molecule has 0 aliphatic heterocycles. The maximum absolute atomic E-state index is 13.2. The van der Waals surface area contributed by atoms with Gasteiger partial charge in [-0.05, 0) is 48.0 Å². The number of halogens is 1. The van der Waals surface area contributed by atoms with Crippen molar-refractivity contribution in [1.29, 1.82) is 0 Å². The minimum absolute atomic E-state index is 0.0261. The molecule has 0 heterocycles. The summed E-state index contributed by atoms with van der Waals surface area (Å²) in [6.45, 7) is 0. The number of benzene rings is 3. The lowest BCUT2D eigenvalue weighted by Gasteiger charge is -2.18. The van der Waals surface area contributed by atoms with Gasteiger partial charge in [-0.2, -0.15) is 0 Å². The highest BCUT2D eigenvalue weighted by atomic mass is 32.2. The summed E-state index contributed by atoms with van der Waals surface area (Å²) in [5.74, 6) is 0.923. The number of hydrogen-bond acceptors (Lipinski definition) is 4. The molecule has 0 spiro atoms. The molecule has 0 saturated heterocycles. The first-order valence-electron chi connectivity index (χ1n) is 8.83. The maximum Gasteiger partial charge on any atom is 0.164 e. The van der Waals surface area contributed by atoms with Crippen molar-refractivity contribution < 1.29 is 18.7 Å². The minimum atomic E-state index is -0.351. The molecule has 1 unspecified atom stereocenters. The second-order valence-electron chi connectivity index (χ2n) is 6.17. The van der Waals surface area contributed by atoms with E-state index in [0.717, 1.165) is 10.5 Å². The van der Waals surface area contributed by atoms with E-state index in [0.29, 0.717) is 23.5 Å². The third-order valence-electron chi connectivity index (χ3n) is 4.34. The van der Waals surface area contributed by atoms with Crippen molar-refractivity contribution in [1.82, 2.24) is 0 Å². The van der Waals surface area contributed by atoms with Crippen molar-refractivity contribution in [2.75, 3.05) is 14.2 Å². The van der Waals surface area contributed by atoms with Crippen molar-refractivity contribution in [3.8, 4) is 11.5 Å². The fourth-order valence-electron chi connectivity index (χ4n) is 2.87. The molecule has 0 aromatic heterocycles. The number of ketones is 1. The largest absolute Gasteiger partial charge is 0.493 e. The molecule has 0 saturated carbocycles. The van der Waals surface area contributed by atoms with Crippen LogP contribution in [0.15, 0.2) is 77.7 Å². The second-order valence-corrected chi connectivity index (χ2v) is 7.44. The zero-order valence-electron chi connectivity index (χ0n) is 15.7. The van der Waals surface area contributed by atoms with Gasteiger partial charge >= 0.3 is 0 Å². The van der Waals surface area contributed by atoms with E-state index in [9.17, 15) is 9.18 Å². The summed E-state index contributed by atoms with van der Waals surface area (Å²) in [4.78, 5) is 13.7. The Hall–Kier alpha value is -2.79. The van der Waals surface area contributed by atoms with Crippen LogP contribution in [0.3, 0.4) is 0 Å². The van der Waals surface area contributed by atoms with E-state index in [-0.39, 0.29) is 16.9 Å². The number of hydrogen-bond donors (Lipinski definition) is 0. The van der Waals surface area contributed by atoms with E-state index < -0.39 is 0 Å². The van der Waals surface area contributed by atoms with Gasteiger partial charge in [0.2, 0.25) is 0 Å². The first-order chi connectivity index (χ1) is 13.6. The Labute approximate surface area is 168 Å². The van der Waals surface area contributed by atoms with Crippen LogP contribution in [0, 0.1) is 5.82 Å². The summed E-state index contributed by atoms with van der Waals surface area (Å²) in [5, 5.41) is -0.0862. The molecule has 3 nitrogen and oxygen atoms in total. The Bertz CT molecular complexity index is 926. The second kappa shape index (κ2) is 9.42. The van der Waals surface area contributed by atoms with Gasteiger partial charge in [0.25, 0.3) is 0 Å². The molecule has 144 valence electrons. The van der Waals surface area contributed by atoms with Gasteiger partial charge in [-0.25, -0.2) is 4.39 Å². The zero-order valence-corrected chi connectivity index (χ0v) is 16.5. The summed E-state index contributed by atoms with van der Waals surface area (Å²) >= 11 is 1.59. The molecule has 0 aliphatic carbocycles. The number of carbonyl (C=O) groups is 1. The molecule has 28 heavy (non-hydrogen) atoms. The van der Waals surface area contributed by atoms with Gasteiger partial charge in [0, 0.05) is 22.1 Å². The van der Waals surface area contributed by atoms with Crippen molar-refractivity contribution >= 4 is 17.5 Å². The highest BCUT2D eigenvalue weighted by Crippen LogP contribution is 2.41. The molecule has 1 atom stereocenters. The Morgan fingerprint density at radius 1 is 0.929 bits per heavy atom. The fourth-order valence-corrected chi connectivity index (χ4v) is 4.05. The molecule has 3 aromatic carbocycles. The van der Waals surface area contributed by atoms with Crippen molar-refractivity contribution in [2.24, 2.45) is 0 Å². The van der Waals surface area contributed by atoms with E-state index in [1.54, 1.807) is 26.0 Å². The quantitative estimate of drug-likeness (QED) is 0.348. The van der Waals surface area contributed by atoms with Gasteiger partial charge in [-0.3, -0.25) is 4.79 Å². The summed E-state index contributed by atoms with van der Waals surface area (Å²) < 4.78 is 23.8. The fraction of sp³-hybridized carbons (Fsp3) is 0.174. The Kier molecular flexibility index (Phi) is 6.71. The van der Waals surface area contributed by atoms with Crippen LogP contribution < -0.4 is 9.47 Å². The number of thioether (sulfide) groups is 1.